The number of anilines is 1. The number of benzene rings is 1. The molecule has 190 valence electrons. The third-order valence-electron chi connectivity index (χ3n) is 6.06. The fraction of sp³-hybridized carbons (Fsp3) is 0.370. The number of ether oxygens (including phenoxy) is 1. The highest BCUT2D eigenvalue weighted by molar-refractivity contribution is 6.04. The van der Waals surface area contributed by atoms with E-state index in [9.17, 15) is 9.18 Å². The van der Waals surface area contributed by atoms with Crippen LogP contribution in [0.3, 0.4) is 0 Å². The van der Waals surface area contributed by atoms with Crippen molar-refractivity contribution in [3.05, 3.63) is 77.3 Å². The number of nitrogens with zero attached hydrogens (tertiary/aromatic N) is 5. The third-order valence-corrected chi connectivity index (χ3v) is 6.06. The van der Waals surface area contributed by atoms with E-state index in [1.54, 1.807) is 12.3 Å². The van der Waals surface area contributed by atoms with E-state index in [4.69, 9.17) is 4.74 Å². The fourth-order valence-corrected chi connectivity index (χ4v) is 4.21. The van der Waals surface area contributed by atoms with Crippen molar-refractivity contribution < 1.29 is 13.9 Å². The van der Waals surface area contributed by atoms with Crippen molar-refractivity contribution in [2.75, 3.05) is 31.6 Å². The predicted molar refractivity (Wildman–Crippen MR) is 140 cm³/mol. The van der Waals surface area contributed by atoms with E-state index >= 15 is 0 Å². The Kier molecular flexibility index (Phi) is 7.12. The van der Waals surface area contributed by atoms with Gasteiger partial charge in [-0.25, -0.2) is 9.69 Å². The Balaban J connectivity index is 1.64. The van der Waals surface area contributed by atoms with Crippen LogP contribution in [0.15, 0.2) is 59.7 Å². The molecule has 2 aliphatic heterocycles. The van der Waals surface area contributed by atoms with Crippen molar-refractivity contribution in [3.63, 3.8) is 0 Å². The third kappa shape index (κ3) is 5.11. The van der Waals surface area contributed by atoms with Crippen LogP contribution in [-0.2, 0) is 10.3 Å². The van der Waals surface area contributed by atoms with E-state index in [1.165, 1.54) is 10.9 Å². The summed E-state index contributed by atoms with van der Waals surface area (Å²) in [6.45, 7) is 16.4. The molecule has 0 spiro atoms. The van der Waals surface area contributed by atoms with E-state index in [-0.39, 0.29) is 5.56 Å². The molecule has 0 unspecified atom stereocenters. The van der Waals surface area contributed by atoms with Crippen LogP contribution in [0.25, 0.3) is 5.57 Å². The molecule has 8 nitrogen and oxygen atoms in total. The Labute approximate surface area is 211 Å². The van der Waals surface area contributed by atoms with E-state index in [1.807, 2.05) is 57.8 Å². The summed E-state index contributed by atoms with van der Waals surface area (Å²) in [5, 5.41) is 13.2. The minimum Gasteiger partial charge on any atom is -0.378 e. The average molecular weight is 493 g/mol. The van der Waals surface area contributed by atoms with Gasteiger partial charge in [-0.2, -0.15) is 14.6 Å². The molecule has 1 saturated heterocycles. The van der Waals surface area contributed by atoms with E-state index in [2.05, 4.69) is 33.1 Å². The lowest BCUT2D eigenvalue weighted by Gasteiger charge is -2.37. The predicted octanol–water partition coefficient (Wildman–Crippen LogP) is 4.73. The van der Waals surface area contributed by atoms with Gasteiger partial charge in [0.25, 0.3) is 5.91 Å². The van der Waals surface area contributed by atoms with Gasteiger partial charge in [-0.3, -0.25) is 4.79 Å². The van der Waals surface area contributed by atoms with Gasteiger partial charge >= 0.3 is 0 Å². The molecule has 1 N–H and O–H groups in total. The van der Waals surface area contributed by atoms with Gasteiger partial charge in [-0.1, -0.05) is 12.6 Å². The zero-order valence-corrected chi connectivity index (χ0v) is 21.5. The zero-order chi connectivity index (χ0) is 26.0. The molecule has 0 atom stereocenters. The topological polar surface area (TPSA) is 75.0 Å². The lowest BCUT2D eigenvalue weighted by atomic mass is 9.96. The van der Waals surface area contributed by atoms with Crippen molar-refractivity contribution in [2.45, 2.75) is 40.2 Å². The quantitative estimate of drug-likeness (QED) is 0.611. The Bertz CT molecular complexity index is 1260. The first-order valence-electron chi connectivity index (χ1n) is 12.0. The van der Waals surface area contributed by atoms with Gasteiger partial charge in [-0.15, -0.1) is 0 Å². The standard InChI is InChI=1S/C27H33FN6O2/c1-7-29-33-19(3)14-20(15-24(33)32-10-12-36-13-11-32)22-16-21(9-8-18(22)2)31-26(35)23-17-30-34(25(23)28)27(4,5)6/h7-9,14-17H,3,10-13H2,1-2,4-6H3,(H,31,35)/b29-7-. The summed E-state index contributed by atoms with van der Waals surface area (Å²) in [7, 11) is 0. The van der Waals surface area contributed by atoms with Crippen LogP contribution in [0.1, 0.15) is 49.2 Å². The van der Waals surface area contributed by atoms with Crippen molar-refractivity contribution >= 4 is 23.4 Å². The monoisotopic (exact) mass is 492 g/mol. The van der Waals surface area contributed by atoms with Crippen LogP contribution in [0.2, 0.25) is 0 Å². The van der Waals surface area contributed by atoms with Gasteiger partial charge in [0.05, 0.1) is 30.6 Å². The van der Waals surface area contributed by atoms with Gasteiger partial charge in [0.1, 0.15) is 11.4 Å². The van der Waals surface area contributed by atoms with Crippen molar-refractivity contribution in [1.82, 2.24) is 19.7 Å². The number of rotatable bonds is 5. The Morgan fingerprint density at radius 3 is 2.61 bits per heavy atom. The minimum absolute atomic E-state index is 0.0973. The Morgan fingerprint density at radius 2 is 1.97 bits per heavy atom. The maximum atomic E-state index is 14.9. The summed E-state index contributed by atoms with van der Waals surface area (Å²) in [4.78, 5) is 15.1. The number of amides is 1. The largest absolute Gasteiger partial charge is 0.378 e. The highest BCUT2D eigenvalue weighted by atomic mass is 19.1. The second kappa shape index (κ2) is 10.1. The maximum absolute atomic E-state index is 14.9. The summed E-state index contributed by atoms with van der Waals surface area (Å²) >= 11 is 0. The molecule has 9 heteroatoms. The number of halogens is 1. The number of aromatic nitrogens is 2. The fourth-order valence-electron chi connectivity index (χ4n) is 4.21. The van der Waals surface area contributed by atoms with Crippen LogP contribution in [-0.4, -0.2) is 58.1 Å². The molecule has 0 saturated carbocycles. The first-order chi connectivity index (χ1) is 17.1. The van der Waals surface area contributed by atoms with Crippen molar-refractivity contribution in [2.24, 2.45) is 5.10 Å². The van der Waals surface area contributed by atoms with Crippen molar-refractivity contribution in [1.29, 1.82) is 0 Å². The number of carbonyl (C=O) groups excluding carboxylic acids is 1. The highest BCUT2D eigenvalue weighted by Gasteiger charge is 2.26. The lowest BCUT2D eigenvalue weighted by molar-refractivity contribution is 0.0414. The molecule has 1 aromatic carbocycles. The molecule has 2 aliphatic rings. The molecule has 1 aromatic heterocycles. The number of allylic oxidation sites excluding steroid dienone is 3. The highest BCUT2D eigenvalue weighted by Crippen LogP contribution is 2.33. The molecule has 4 rings (SSSR count). The van der Waals surface area contributed by atoms with Crippen LogP contribution in [0, 0.1) is 12.9 Å². The lowest BCUT2D eigenvalue weighted by Crippen LogP contribution is -2.41. The number of hydrogen-bond donors (Lipinski definition) is 1. The Hall–Kier alpha value is -3.72. The van der Waals surface area contributed by atoms with Crippen LogP contribution >= 0.6 is 0 Å². The van der Waals surface area contributed by atoms with Gasteiger partial charge < -0.3 is 15.0 Å². The second-order valence-corrected chi connectivity index (χ2v) is 9.79. The summed E-state index contributed by atoms with van der Waals surface area (Å²) in [5.41, 5.74) is 3.54. The first-order valence-corrected chi connectivity index (χ1v) is 12.0. The van der Waals surface area contributed by atoms with Crippen LogP contribution in [0.5, 0.6) is 0 Å². The smallest absolute Gasteiger partial charge is 0.261 e. The molecule has 1 fully saturated rings. The maximum Gasteiger partial charge on any atom is 0.261 e. The first kappa shape index (κ1) is 25.4. The molecule has 36 heavy (non-hydrogen) atoms. The molecule has 0 aliphatic carbocycles. The number of morpholine rings is 1. The minimum atomic E-state index is -0.659. The molecule has 0 bridgehead atoms. The molecular weight excluding hydrogens is 459 g/mol. The second-order valence-electron chi connectivity index (χ2n) is 9.79. The summed E-state index contributed by atoms with van der Waals surface area (Å²) in [6.07, 6.45) is 7.05. The van der Waals surface area contributed by atoms with Crippen LogP contribution in [0.4, 0.5) is 10.1 Å². The number of nitrogens with one attached hydrogen (secondary N) is 1. The van der Waals surface area contributed by atoms with Gasteiger partial charge in [-0.05, 0) is 75.6 Å². The number of hydrogen-bond acceptors (Lipinski definition) is 6. The van der Waals surface area contributed by atoms with Gasteiger partial charge in [0, 0.05) is 25.0 Å². The molecular formula is C27H33FN6O2. The van der Waals surface area contributed by atoms with E-state index in [0.29, 0.717) is 18.9 Å². The molecule has 1 amide bonds. The molecule has 2 aromatic rings. The summed E-state index contributed by atoms with van der Waals surface area (Å²) in [5.74, 6) is -0.287. The summed E-state index contributed by atoms with van der Waals surface area (Å²) in [6, 6.07) is 5.63. The zero-order valence-electron chi connectivity index (χ0n) is 21.5. The average Bonchev–Trinajstić information content (AvgIpc) is 3.24. The molecule has 3 heterocycles. The van der Waals surface area contributed by atoms with Gasteiger partial charge in [0.2, 0.25) is 5.95 Å². The summed E-state index contributed by atoms with van der Waals surface area (Å²) < 4.78 is 21.6. The van der Waals surface area contributed by atoms with E-state index in [0.717, 1.165) is 41.3 Å². The Morgan fingerprint density at radius 1 is 1.25 bits per heavy atom. The normalized spacial score (nSPS) is 16.9. The number of carbonyl (C=O) groups is 1. The number of hydrazone groups is 1. The van der Waals surface area contributed by atoms with Gasteiger partial charge in [0.15, 0.2) is 0 Å². The SMILES string of the molecule is C=C1C=C(c2cc(NC(=O)c3cnn(C(C)(C)C)c3F)ccc2C)C=C(N2CCOCC2)N1/N=C\C. The molecule has 0 radical (unpaired) electrons. The van der Waals surface area contributed by atoms with Crippen molar-refractivity contribution in [3.8, 4) is 0 Å². The van der Waals surface area contributed by atoms with Crippen LogP contribution < -0.4 is 5.32 Å². The van der Waals surface area contributed by atoms with E-state index < -0.39 is 17.4 Å². The number of aryl methyl sites for hydroxylation is 1.